The number of halogens is 1. The van der Waals surface area contributed by atoms with Gasteiger partial charge in [-0.15, -0.1) is 0 Å². The summed E-state index contributed by atoms with van der Waals surface area (Å²) in [5.41, 5.74) is 0.212. The molecule has 1 aromatic carbocycles. The number of esters is 1. The molecule has 0 radical (unpaired) electrons. The molecule has 1 N–H and O–H groups in total. The van der Waals surface area contributed by atoms with Crippen molar-refractivity contribution < 1.29 is 24.2 Å². The van der Waals surface area contributed by atoms with Gasteiger partial charge in [-0.2, -0.15) is 0 Å². The van der Waals surface area contributed by atoms with Gasteiger partial charge in [-0.05, 0) is 60.3 Å². The summed E-state index contributed by atoms with van der Waals surface area (Å²) in [4.78, 5) is 21.9. The van der Waals surface area contributed by atoms with Crippen molar-refractivity contribution in [1.29, 1.82) is 0 Å². The van der Waals surface area contributed by atoms with E-state index in [0.29, 0.717) is 29.9 Å². The predicted molar refractivity (Wildman–Crippen MR) is 81.7 cm³/mol. The number of unbranched alkanes of at least 4 members (excludes halogenated alkanes) is 2. The molecule has 0 bridgehead atoms. The Labute approximate surface area is 132 Å². The van der Waals surface area contributed by atoms with E-state index in [1.54, 1.807) is 13.0 Å². The zero-order chi connectivity index (χ0) is 15.7. The summed E-state index contributed by atoms with van der Waals surface area (Å²) in [5.74, 6) is -0.517. The zero-order valence-corrected chi connectivity index (χ0v) is 13.5. The lowest BCUT2D eigenvalue weighted by Crippen LogP contribution is -2.04. The van der Waals surface area contributed by atoms with E-state index < -0.39 is 5.97 Å². The molecule has 0 heterocycles. The number of hydrogen-bond donors (Lipinski definition) is 1. The Bertz CT molecular complexity index is 487. The summed E-state index contributed by atoms with van der Waals surface area (Å²) in [6, 6.07) is 4.65. The molecule has 1 rings (SSSR count). The Morgan fingerprint density at radius 1 is 1.24 bits per heavy atom. The van der Waals surface area contributed by atoms with Crippen LogP contribution >= 0.6 is 15.9 Å². The number of rotatable bonds is 9. The molecule has 0 atom stereocenters. The van der Waals surface area contributed by atoms with E-state index in [2.05, 4.69) is 15.9 Å². The first kappa shape index (κ1) is 17.5. The minimum absolute atomic E-state index is 0.162. The van der Waals surface area contributed by atoms with Crippen LogP contribution in [-0.2, 0) is 9.53 Å². The Morgan fingerprint density at radius 3 is 2.62 bits per heavy atom. The standard InChI is InChI=1S/C15H19BrO5/c1-2-20-14(17)6-4-3-5-9-21-13-8-7-11(15(18)19)10-12(13)16/h7-8,10H,2-6,9H2,1H3,(H,18,19). The van der Waals surface area contributed by atoms with Crippen LogP contribution in [0.3, 0.4) is 0 Å². The Morgan fingerprint density at radius 2 is 2.00 bits per heavy atom. The highest BCUT2D eigenvalue weighted by Crippen LogP contribution is 2.26. The van der Waals surface area contributed by atoms with Gasteiger partial charge in [0, 0.05) is 6.42 Å². The van der Waals surface area contributed by atoms with E-state index in [9.17, 15) is 9.59 Å². The first-order valence-electron chi connectivity index (χ1n) is 6.86. The molecular formula is C15H19BrO5. The Kier molecular flexibility index (Phi) is 7.82. The predicted octanol–water partition coefficient (Wildman–Crippen LogP) is 3.65. The number of aromatic carboxylic acids is 1. The third kappa shape index (κ3) is 6.62. The second-order valence-electron chi connectivity index (χ2n) is 4.41. The summed E-state index contributed by atoms with van der Waals surface area (Å²) < 4.78 is 11.0. The van der Waals surface area contributed by atoms with Crippen LogP contribution in [0.5, 0.6) is 5.75 Å². The second kappa shape index (κ2) is 9.39. The monoisotopic (exact) mass is 358 g/mol. The molecule has 0 aliphatic carbocycles. The van der Waals surface area contributed by atoms with Gasteiger partial charge in [0.25, 0.3) is 0 Å². The minimum Gasteiger partial charge on any atom is -0.492 e. The van der Waals surface area contributed by atoms with Crippen molar-refractivity contribution in [3.8, 4) is 5.75 Å². The molecule has 0 amide bonds. The van der Waals surface area contributed by atoms with Gasteiger partial charge in [-0.3, -0.25) is 4.79 Å². The fourth-order valence-electron chi connectivity index (χ4n) is 1.71. The third-order valence-electron chi connectivity index (χ3n) is 2.77. The van der Waals surface area contributed by atoms with E-state index >= 15 is 0 Å². The van der Waals surface area contributed by atoms with Crippen LogP contribution in [0.1, 0.15) is 43.0 Å². The van der Waals surface area contributed by atoms with Gasteiger partial charge in [0.15, 0.2) is 0 Å². The fraction of sp³-hybridized carbons (Fsp3) is 0.467. The summed E-state index contributed by atoms with van der Waals surface area (Å²) in [5, 5.41) is 8.86. The molecule has 0 saturated carbocycles. The normalized spacial score (nSPS) is 10.2. The van der Waals surface area contributed by atoms with Crippen LogP contribution in [0.4, 0.5) is 0 Å². The molecule has 116 valence electrons. The Balaban J connectivity index is 2.24. The quantitative estimate of drug-likeness (QED) is 0.538. The average molecular weight is 359 g/mol. The summed E-state index contributed by atoms with van der Waals surface area (Å²) >= 11 is 3.29. The lowest BCUT2D eigenvalue weighted by Gasteiger charge is -2.08. The molecule has 0 aliphatic rings. The summed E-state index contributed by atoms with van der Waals surface area (Å²) in [6.07, 6.45) is 2.92. The van der Waals surface area contributed by atoms with Crippen LogP contribution in [0.15, 0.2) is 22.7 Å². The third-order valence-corrected chi connectivity index (χ3v) is 3.39. The number of carbonyl (C=O) groups excluding carboxylic acids is 1. The highest BCUT2D eigenvalue weighted by atomic mass is 79.9. The molecule has 1 aromatic rings. The van der Waals surface area contributed by atoms with Crippen LogP contribution in [0.25, 0.3) is 0 Å². The maximum absolute atomic E-state index is 11.1. The number of carboxylic acids is 1. The SMILES string of the molecule is CCOC(=O)CCCCCOc1ccc(C(=O)O)cc1Br. The number of benzene rings is 1. The molecule has 0 unspecified atom stereocenters. The van der Waals surface area contributed by atoms with E-state index in [0.717, 1.165) is 19.3 Å². The van der Waals surface area contributed by atoms with Gasteiger partial charge >= 0.3 is 11.9 Å². The van der Waals surface area contributed by atoms with Gasteiger partial charge in [0.05, 0.1) is 23.2 Å². The van der Waals surface area contributed by atoms with E-state index in [1.165, 1.54) is 12.1 Å². The van der Waals surface area contributed by atoms with Crippen LogP contribution in [0, 0.1) is 0 Å². The van der Waals surface area contributed by atoms with Crippen molar-refractivity contribution in [2.75, 3.05) is 13.2 Å². The molecule has 0 aromatic heterocycles. The Hall–Kier alpha value is -1.56. The topological polar surface area (TPSA) is 72.8 Å². The molecule has 0 saturated heterocycles. The highest BCUT2D eigenvalue weighted by Gasteiger charge is 2.07. The summed E-state index contributed by atoms with van der Waals surface area (Å²) in [7, 11) is 0. The van der Waals surface area contributed by atoms with Gasteiger partial charge in [-0.25, -0.2) is 4.79 Å². The lowest BCUT2D eigenvalue weighted by atomic mass is 10.2. The fourth-order valence-corrected chi connectivity index (χ4v) is 2.21. The molecule has 0 spiro atoms. The van der Waals surface area contributed by atoms with Crippen molar-refractivity contribution in [2.45, 2.75) is 32.6 Å². The van der Waals surface area contributed by atoms with E-state index in [1.807, 2.05) is 0 Å². The first-order valence-corrected chi connectivity index (χ1v) is 7.65. The van der Waals surface area contributed by atoms with Gasteiger partial charge in [0.1, 0.15) is 5.75 Å². The molecule has 6 heteroatoms. The average Bonchev–Trinajstić information content (AvgIpc) is 2.44. The van der Waals surface area contributed by atoms with Gasteiger partial charge in [0.2, 0.25) is 0 Å². The van der Waals surface area contributed by atoms with E-state index in [4.69, 9.17) is 14.6 Å². The van der Waals surface area contributed by atoms with Crippen LogP contribution in [-0.4, -0.2) is 30.3 Å². The van der Waals surface area contributed by atoms with Crippen molar-refractivity contribution in [1.82, 2.24) is 0 Å². The van der Waals surface area contributed by atoms with Crippen molar-refractivity contribution in [3.05, 3.63) is 28.2 Å². The number of hydrogen-bond acceptors (Lipinski definition) is 4. The van der Waals surface area contributed by atoms with Crippen LogP contribution in [0.2, 0.25) is 0 Å². The van der Waals surface area contributed by atoms with Crippen molar-refractivity contribution in [3.63, 3.8) is 0 Å². The lowest BCUT2D eigenvalue weighted by molar-refractivity contribution is -0.143. The zero-order valence-electron chi connectivity index (χ0n) is 11.9. The molecule has 0 aliphatic heterocycles. The van der Waals surface area contributed by atoms with Crippen molar-refractivity contribution in [2.24, 2.45) is 0 Å². The smallest absolute Gasteiger partial charge is 0.335 e. The maximum atomic E-state index is 11.1. The van der Waals surface area contributed by atoms with Gasteiger partial charge in [-0.1, -0.05) is 0 Å². The maximum Gasteiger partial charge on any atom is 0.335 e. The summed E-state index contributed by atoms with van der Waals surface area (Å²) in [6.45, 7) is 2.73. The number of carboxylic acid groups (broad SMARTS) is 1. The van der Waals surface area contributed by atoms with E-state index in [-0.39, 0.29) is 11.5 Å². The highest BCUT2D eigenvalue weighted by molar-refractivity contribution is 9.10. The van der Waals surface area contributed by atoms with Crippen LogP contribution < -0.4 is 4.74 Å². The second-order valence-corrected chi connectivity index (χ2v) is 5.27. The van der Waals surface area contributed by atoms with Gasteiger partial charge < -0.3 is 14.6 Å². The largest absolute Gasteiger partial charge is 0.492 e. The van der Waals surface area contributed by atoms with Crippen molar-refractivity contribution >= 4 is 27.9 Å². The molecular weight excluding hydrogens is 340 g/mol. The number of ether oxygens (including phenoxy) is 2. The molecule has 5 nitrogen and oxygen atoms in total. The number of carbonyl (C=O) groups is 2. The minimum atomic E-state index is -0.971. The first-order chi connectivity index (χ1) is 10.0. The molecule has 0 fully saturated rings. The molecule has 21 heavy (non-hydrogen) atoms.